The first-order chi connectivity index (χ1) is 7.96. The SMILES string of the molecule is Cc1scc(C(=O)NCC2(C(=O)O)CC2)c1C. The molecular weight excluding hydrogens is 238 g/mol. The molecule has 0 aromatic carbocycles. The van der Waals surface area contributed by atoms with E-state index in [-0.39, 0.29) is 12.5 Å². The Kier molecular flexibility index (Phi) is 2.95. The van der Waals surface area contributed by atoms with Crippen molar-refractivity contribution in [3.63, 3.8) is 0 Å². The minimum absolute atomic E-state index is 0.167. The summed E-state index contributed by atoms with van der Waals surface area (Å²) < 4.78 is 0. The third-order valence-corrected chi connectivity index (χ3v) is 4.44. The topological polar surface area (TPSA) is 66.4 Å². The van der Waals surface area contributed by atoms with Crippen molar-refractivity contribution in [3.05, 3.63) is 21.4 Å². The molecule has 1 saturated carbocycles. The standard InChI is InChI=1S/C12H15NO3S/c1-7-8(2)17-5-9(7)10(14)13-6-12(3-4-12)11(15)16/h5H,3-4,6H2,1-2H3,(H,13,14)(H,15,16). The van der Waals surface area contributed by atoms with E-state index in [0.29, 0.717) is 18.4 Å². The Morgan fingerprint density at radius 1 is 1.47 bits per heavy atom. The van der Waals surface area contributed by atoms with Crippen molar-refractivity contribution in [1.82, 2.24) is 5.32 Å². The number of hydrogen-bond acceptors (Lipinski definition) is 3. The lowest BCUT2D eigenvalue weighted by atomic mass is 10.1. The maximum atomic E-state index is 11.9. The molecule has 1 heterocycles. The normalized spacial score (nSPS) is 16.6. The Balaban J connectivity index is 1.99. The molecule has 1 fully saturated rings. The molecule has 0 saturated heterocycles. The fourth-order valence-electron chi connectivity index (χ4n) is 1.70. The molecule has 1 aromatic rings. The summed E-state index contributed by atoms with van der Waals surface area (Å²) in [5, 5.41) is 13.5. The number of carboxylic acids is 1. The lowest BCUT2D eigenvalue weighted by Crippen LogP contribution is -2.34. The molecule has 5 heteroatoms. The predicted molar refractivity (Wildman–Crippen MR) is 65.4 cm³/mol. The average Bonchev–Trinajstić information content (AvgIpc) is 3.00. The van der Waals surface area contributed by atoms with E-state index >= 15 is 0 Å². The van der Waals surface area contributed by atoms with Gasteiger partial charge in [0.15, 0.2) is 0 Å². The maximum absolute atomic E-state index is 11.9. The van der Waals surface area contributed by atoms with Crippen LogP contribution in [0.5, 0.6) is 0 Å². The number of aryl methyl sites for hydroxylation is 1. The number of aliphatic carboxylic acids is 1. The van der Waals surface area contributed by atoms with Crippen LogP contribution in [0.4, 0.5) is 0 Å². The van der Waals surface area contributed by atoms with E-state index in [1.165, 1.54) is 11.3 Å². The second kappa shape index (κ2) is 4.14. The summed E-state index contributed by atoms with van der Waals surface area (Å²) in [7, 11) is 0. The molecule has 0 spiro atoms. The monoisotopic (exact) mass is 253 g/mol. The minimum atomic E-state index is -0.809. The van der Waals surface area contributed by atoms with E-state index in [1.54, 1.807) is 0 Å². The maximum Gasteiger partial charge on any atom is 0.311 e. The van der Waals surface area contributed by atoms with Crippen LogP contribution in [0.25, 0.3) is 0 Å². The van der Waals surface area contributed by atoms with Crippen molar-refractivity contribution in [3.8, 4) is 0 Å². The molecule has 1 aliphatic rings. The summed E-state index contributed by atoms with van der Waals surface area (Å²) >= 11 is 1.54. The molecule has 0 aliphatic heterocycles. The Morgan fingerprint density at radius 3 is 2.53 bits per heavy atom. The number of carbonyl (C=O) groups excluding carboxylic acids is 1. The number of nitrogens with one attached hydrogen (secondary N) is 1. The molecule has 0 bridgehead atoms. The van der Waals surface area contributed by atoms with E-state index in [1.807, 2.05) is 19.2 Å². The fraction of sp³-hybridized carbons (Fsp3) is 0.500. The summed E-state index contributed by atoms with van der Waals surface area (Å²) in [4.78, 5) is 24.0. The number of amides is 1. The summed E-state index contributed by atoms with van der Waals surface area (Å²) in [6.07, 6.45) is 1.31. The number of rotatable bonds is 4. The molecule has 2 rings (SSSR count). The van der Waals surface area contributed by atoms with Gasteiger partial charge in [0.05, 0.1) is 11.0 Å². The van der Waals surface area contributed by atoms with Gasteiger partial charge in [-0.15, -0.1) is 11.3 Å². The van der Waals surface area contributed by atoms with Gasteiger partial charge in [-0.2, -0.15) is 0 Å². The third-order valence-electron chi connectivity index (χ3n) is 3.42. The summed E-state index contributed by atoms with van der Waals surface area (Å²) in [6, 6.07) is 0. The van der Waals surface area contributed by atoms with E-state index in [2.05, 4.69) is 5.32 Å². The van der Waals surface area contributed by atoms with Crippen molar-refractivity contribution < 1.29 is 14.7 Å². The van der Waals surface area contributed by atoms with Crippen LogP contribution >= 0.6 is 11.3 Å². The van der Waals surface area contributed by atoms with Crippen molar-refractivity contribution in [2.24, 2.45) is 5.41 Å². The molecule has 4 nitrogen and oxygen atoms in total. The molecule has 17 heavy (non-hydrogen) atoms. The highest BCUT2D eigenvalue weighted by Crippen LogP contribution is 2.45. The Morgan fingerprint density at radius 2 is 2.12 bits per heavy atom. The van der Waals surface area contributed by atoms with E-state index in [0.717, 1.165) is 10.4 Å². The van der Waals surface area contributed by atoms with Gasteiger partial charge in [0.1, 0.15) is 0 Å². The van der Waals surface area contributed by atoms with Gasteiger partial charge in [0.2, 0.25) is 0 Å². The van der Waals surface area contributed by atoms with Crippen LogP contribution < -0.4 is 5.32 Å². The van der Waals surface area contributed by atoms with E-state index in [9.17, 15) is 9.59 Å². The van der Waals surface area contributed by atoms with E-state index < -0.39 is 11.4 Å². The third kappa shape index (κ3) is 2.20. The van der Waals surface area contributed by atoms with Gasteiger partial charge in [-0.25, -0.2) is 0 Å². The fourth-order valence-corrected chi connectivity index (χ4v) is 2.56. The quantitative estimate of drug-likeness (QED) is 0.862. The Labute approximate surface area is 104 Å². The van der Waals surface area contributed by atoms with Crippen LogP contribution in [-0.2, 0) is 4.79 Å². The molecule has 2 N–H and O–H groups in total. The largest absolute Gasteiger partial charge is 0.481 e. The molecule has 0 radical (unpaired) electrons. The first kappa shape index (κ1) is 12.1. The number of carbonyl (C=O) groups is 2. The average molecular weight is 253 g/mol. The number of thiophene rings is 1. The van der Waals surface area contributed by atoms with Crippen molar-refractivity contribution >= 4 is 23.2 Å². The van der Waals surface area contributed by atoms with Gasteiger partial charge < -0.3 is 10.4 Å². The highest BCUT2D eigenvalue weighted by Gasteiger charge is 2.50. The summed E-state index contributed by atoms with van der Waals surface area (Å²) in [6.45, 7) is 4.11. The van der Waals surface area contributed by atoms with Gasteiger partial charge in [0, 0.05) is 16.8 Å². The predicted octanol–water partition coefficient (Wildman–Crippen LogP) is 1.96. The molecule has 1 amide bonds. The zero-order valence-electron chi connectivity index (χ0n) is 9.87. The molecule has 0 atom stereocenters. The van der Waals surface area contributed by atoms with Crippen molar-refractivity contribution in [2.45, 2.75) is 26.7 Å². The minimum Gasteiger partial charge on any atom is -0.481 e. The van der Waals surface area contributed by atoms with Gasteiger partial charge in [-0.1, -0.05) is 0 Å². The molecule has 1 aromatic heterocycles. The summed E-state index contributed by atoms with van der Waals surface area (Å²) in [5.41, 5.74) is 0.940. The van der Waals surface area contributed by atoms with Crippen LogP contribution in [0.1, 0.15) is 33.6 Å². The highest BCUT2D eigenvalue weighted by molar-refractivity contribution is 7.10. The summed E-state index contributed by atoms with van der Waals surface area (Å²) in [5.74, 6) is -0.976. The van der Waals surface area contributed by atoms with Crippen LogP contribution in [-0.4, -0.2) is 23.5 Å². The van der Waals surface area contributed by atoms with Crippen LogP contribution in [0.2, 0.25) is 0 Å². The molecule has 92 valence electrons. The van der Waals surface area contributed by atoms with E-state index in [4.69, 9.17) is 5.11 Å². The Hall–Kier alpha value is -1.36. The molecule has 0 unspecified atom stereocenters. The number of carboxylic acid groups (broad SMARTS) is 1. The zero-order chi connectivity index (χ0) is 12.6. The first-order valence-electron chi connectivity index (χ1n) is 5.52. The van der Waals surface area contributed by atoms with Crippen LogP contribution in [0.15, 0.2) is 5.38 Å². The smallest absolute Gasteiger partial charge is 0.311 e. The zero-order valence-corrected chi connectivity index (χ0v) is 10.7. The second-order valence-corrected chi connectivity index (χ2v) is 5.68. The lowest BCUT2D eigenvalue weighted by Gasteiger charge is -2.10. The Bertz CT molecular complexity index is 474. The van der Waals surface area contributed by atoms with Gasteiger partial charge in [0.25, 0.3) is 5.91 Å². The van der Waals surface area contributed by atoms with Crippen LogP contribution in [0, 0.1) is 19.3 Å². The second-order valence-electron chi connectivity index (χ2n) is 4.60. The van der Waals surface area contributed by atoms with Gasteiger partial charge >= 0.3 is 5.97 Å². The van der Waals surface area contributed by atoms with Gasteiger partial charge in [-0.05, 0) is 32.3 Å². The first-order valence-corrected chi connectivity index (χ1v) is 6.40. The van der Waals surface area contributed by atoms with Crippen molar-refractivity contribution in [1.29, 1.82) is 0 Å². The van der Waals surface area contributed by atoms with Crippen molar-refractivity contribution in [2.75, 3.05) is 6.54 Å². The van der Waals surface area contributed by atoms with Crippen LogP contribution in [0.3, 0.4) is 0 Å². The molecular formula is C12H15NO3S. The molecule has 1 aliphatic carbocycles. The van der Waals surface area contributed by atoms with Gasteiger partial charge in [-0.3, -0.25) is 9.59 Å². The lowest BCUT2D eigenvalue weighted by molar-refractivity contribution is -0.143. The highest BCUT2D eigenvalue weighted by atomic mass is 32.1. The number of hydrogen-bond donors (Lipinski definition) is 2.